The fourth-order valence-electron chi connectivity index (χ4n) is 2.95. The van der Waals surface area contributed by atoms with Crippen molar-refractivity contribution in [3.8, 4) is 5.69 Å². The molecule has 1 saturated heterocycles. The van der Waals surface area contributed by atoms with Crippen LogP contribution in [0.5, 0.6) is 0 Å². The van der Waals surface area contributed by atoms with Crippen LogP contribution in [0.3, 0.4) is 0 Å². The summed E-state index contributed by atoms with van der Waals surface area (Å²) in [5.41, 5.74) is 2.21. The SMILES string of the molecule is CCN1CCC(CNCc2ccn(-c3ccccc3)n2)C1. The molecule has 2 heterocycles. The molecule has 0 saturated carbocycles. The molecule has 1 aliphatic heterocycles. The number of nitrogens with one attached hydrogen (secondary N) is 1. The molecule has 4 nitrogen and oxygen atoms in total. The third-order valence-corrected chi connectivity index (χ3v) is 4.22. The van der Waals surface area contributed by atoms with Crippen LogP contribution in [-0.4, -0.2) is 40.9 Å². The van der Waals surface area contributed by atoms with E-state index in [0.29, 0.717) is 0 Å². The minimum Gasteiger partial charge on any atom is -0.311 e. The van der Waals surface area contributed by atoms with Gasteiger partial charge in [-0.15, -0.1) is 0 Å². The van der Waals surface area contributed by atoms with Gasteiger partial charge in [-0.25, -0.2) is 4.68 Å². The molecule has 1 N–H and O–H groups in total. The summed E-state index contributed by atoms with van der Waals surface area (Å²) in [4.78, 5) is 2.52. The third kappa shape index (κ3) is 3.71. The fraction of sp³-hybridized carbons (Fsp3) is 0.471. The molecule has 1 aliphatic rings. The van der Waals surface area contributed by atoms with Crippen molar-refractivity contribution in [3.05, 3.63) is 48.3 Å². The molecule has 1 unspecified atom stereocenters. The molecule has 2 aromatic rings. The summed E-state index contributed by atoms with van der Waals surface area (Å²) in [6.07, 6.45) is 3.35. The van der Waals surface area contributed by atoms with Crippen molar-refractivity contribution in [1.29, 1.82) is 0 Å². The first-order chi connectivity index (χ1) is 10.3. The van der Waals surface area contributed by atoms with Gasteiger partial charge in [0.25, 0.3) is 0 Å². The van der Waals surface area contributed by atoms with E-state index in [9.17, 15) is 0 Å². The van der Waals surface area contributed by atoms with Crippen LogP contribution >= 0.6 is 0 Å². The lowest BCUT2D eigenvalue weighted by Gasteiger charge is -2.13. The van der Waals surface area contributed by atoms with Crippen molar-refractivity contribution in [2.75, 3.05) is 26.2 Å². The first kappa shape index (κ1) is 14.3. The molecule has 0 amide bonds. The number of aromatic nitrogens is 2. The molecule has 1 fully saturated rings. The zero-order valence-electron chi connectivity index (χ0n) is 12.7. The summed E-state index contributed by atoms with van der Waals surface area (Å²) in [5.74, 6) is 0.793. The Hall–Kier alpha value is -1.65. The van der Waals surface area contributed by atoms with Crippen molar-refractivity contribution >= 4 is 0 Å². The van der Waals surface area contributed by atoms with Crippen molar-refractivity contribution in [1.82, 2.24) is 20.0 Å². The zero-order valence-corrected chi connectivity index (χ0v) is 12.7. The van der Waals surface area contributed by atoms with Crippen LogP contribution in [0.4, 0.5) is 0 Å². The van der Waals surface area contributed by atoms with Gasteiger partial charge in [-0.05, 0) is 50.2 Å². The van der Waals surface area contributed by atoms with Gasteiger partial charge < -0.3 is 10.2 Å². The van der Waals surface area contributed by atoms with E-state index in [-0.39, 0.29) is 0 Å². The van der Waals surface area contributed by atoms with E-state index in [4.69, 9.17) is 0 Å². The quantitative estimate of drug-likeness (QED) is 0.883. The summed E-state index contributed by atoms with van der Waals surface area (Å²) in [6.45, 7) is 7.86. The fourth-order valence-corrected chi connectivity index (χ4v) is 2.95. The molecule has 112 valence electrons. The van der Waals surface area contributed by atoms with Gasteiger partial charge in [-0.3, -0.25) is 0 Å². The number of rotatable bonds is 6. The maximum absolute atomic E-state index is 4.62. The highest BCUT2D eigenvalue weighted by molar-refractivity contribution is 5.30. The highest BCUT2D eigenvalue weighted by Crippen LogP contribution is 2.14. The van der Waals surface area contributed by atoms with Crippen molar-refractivity contribution in [3.63, 3.8) is 0 Å². The Morgan fingerprint density at radius 1 is 1.24 bits per heavy atom. The second-order valence-electron chi connectivity index (χ2n) is 5.77. The van der Waals surface area contributed by atoms with Gasteiger partial charge >= 0.3 is 0 Å². The standard InChI is InChI=1S/C17H24N4/c1-2-20-10-8-15(14-20)12-18-13-16-9-11-21(19-16)17-6-4-3-5-7-17/h3-7,9,11,15,18H,2,8,10,12-14H2,1H3. The van der Waals surface area contributed by atoms with E-state index in [2.05, 4.69) is 40.4 Å². The number of likely N-dealkylation sites (tertiary alicyclic amines) is 1. The first-order valence-electron chi connectivity index (χ1n) is 7.88. The van der Waals surface area contributed by atoms with Crippen LogP contribution in [0.15, 0.2) is 42.6 Å². The van der Waals surface area contributed by atoms with Crippen molar-refractivity contribution in [2.24, 2.45) is 5.92 Å². The van der Waals surface area contributed by atoms with Crippen LogP contribution in [0.2, 0.25) is 0 Å². The second kappa shape index (κ2) is 6.87. The number of hydrogen-bond acceptors (Lipinski definition) is 3. The molecular weight excluding hydrogens is 260 g/mol. The maximum Gasteiger partial charge on any atom is 0.0766 e. The lowest BCUT2D eigenvalue weighted by molar-refractivity contribution is 0.338. The summed E-state index contributed by atoms with van der Waals surface area (Å²) in [5, 5.41) is 8.17. The lowest BCUT2D eigenvalue weighted by Crippen LogP contribution is -2.26. The number of hydrogen-bond donors (Lipinski definition) is 1. The van der Waals surface area contributed by atoms with E-state index < -0.39 is 0 Å². The third-order valence-electron chi connectivity index (χ3n) is 4.22. The Bertz CT molecular complexity index is 549. The lowest BCUT2D eigenvalue weighted by atomic mass is 10.1. The summed E-state index contributed by atoms with van der Waals surface area (Å²) in [6, 6.07) is 12.3. The predicted octanol–water partition coefficient (Wildman–Crippen LogP) is 2.30. The van der Waals surface area contributed by atoms with Gasteiger partial charge in [0.15, 0.2) is 0 Å². The average Bonchev–Trinajstić information content (AvgIpc) is 3.17. The molecule has 1 aromatic heterocycles. The number of benzene rings is 1. The molecule has 1 aromatic carbocycles. The van der Waals surface area contributed by atoms with Gasteiger partial charge in [0.2, 0.25) is 0 Å². The molecule has 0 aliphatic carbocycles. The minimum absolute atomic E-state index is 0.793. The molecule has 4 heteroatoms. The average molecular weight is 284 g/mol. The Kier molecular flexibility index (Phi) is 4.68. The van der Waals surface area contributed by atoms with E-state index in [1.54, 1.807) is 0 Å². The van der Waals surface area contributed by atoms with Crippen LogP contribution in [-0.2, 0) is 6.54 Å². The molecule has 0 radical (unpaired) electrons. The molecule has 21 heavy (non-hydrogen) atoms. The van der Waals surface area contributed by atoms with Crippen molar-refractivity contribution < 1.29 is 0 Å². The van der Waals surface area contributed by atoms with Gasteiger partial charge in [-0.2, -0.15) is 5.10 Å². The summed E-state index contributed by atoms with van der Waals surface area (Å²) >= 11 is 0. The van der Waals surface area contributed by atoms with Crippen molar-refractivity contribution in [2.45, 2.75) is 19.9 Å². The minimum atomic E-state index is 0.793. The molecule has 3 rings (SSSR count). The predicted molar refractivity (Wildman–Crippen MR) is 85.5 cm³/mol. The van der Waals surface area contributed by atoms with Gasteiger partial charge in [0.1, 0.15) is 0 Å². The van der Waals surface area contributed by atoms with Gasteiger partial charge in [0, 0.05) is 19.3 Å². The smallest absolute Gasteiger partial charge is 0.0766 e. The van der Waals surface area contributed by atoms with Gasteiger partial charge in [0.05, 0.1) is 11.4 Å². The summed E-state index contributed by atoms with van der Waals surface area (Å²) < 4.78 is 1.94. The topological polar surface area (TPSA) is 33.1 Å². The monoisotopic (exact) mass is 284 g/mol. The molecular formula is C17H24N4. The largest absolute Gasteiger partial charge is 0.311 e. The van der Waals surface area contributed by atoms with Crippen LogP contribution < -0.4 is 5.32 Å². The van der Waals surface area contributed by atoms with E-state index >= 15 is 0 Å². The number of para-hydroxylation sites is 1. The maximum atomic E-state index is 4.62. The highest BCUT2D eigenvalue weighted by atomic mass is 15.3. The Morgan fingerprint density at radius 2 is 2.10 bits per heavy atom. The van der Waals surface area contributed by atoms with E-state index in [0.717, 1.165) is 30.4 Å². The Morgan fingerprint density at radius 3 is 2.86 bits per heavy atom. The van der Waals surface area contributed by atoms with Gasteiger partial charge in [-0.1, -0.05) is 25.1 Å². The number of nitrogens with zero attached hydrogens (tertiary/aromatic N) is 3. The Labute approximate surface area is 126 Å². The van der Waals surface area contributed by atoms with E-state index in [1.807, 2.05) is 29.1 Å². The Balaban J connectivity index is 1.47. The zero-order chi connectivity index (χ0) is 14.5. The highest BCUT2D eigenvalue weighted by Gasteiger charge is 2.20. The normalized spacial score (nSPS) is 19.2. The molecule has 0 spiro atoms. The molecule has 1 atom stereocenters. The van der Waals surface area contributed by atoms with Crippen LogP contribution in [0, 0.1) is 5.92 Å². The summed E-state index contributed by atoms with van der Waals surface area (Å²) in [7, 11) is 0. The van der Waals surface area contributed by atoms with Crippen LogP contribution in [0.1, 0.15) is 19.0 Å². The van der Waals surface area contributed by atoms with Crippen LogP contribution in [0.25, 0.3) is 5.69 Å². The molecule has 0 bridgehead atoms. The second-order valence-corrected chi connectivity index (χ2v) is 5.77. The first-order valence-corrected chi connectivity index (χ1v) is 7.88. The van der Waals surface area contributed by atoms with E-state index in [1.165, 1.54) is 26.1 Å².